The van der Waals surface area contributed by atoms with E-state index >= 15 is 0 Å². The predicted octanol–water partition coefficient (Wildman–Crippen LogP) is 3.09. The zero-order valence-electron chi connectivity index (χ0n) is 7.81. The molecule has 0 bridgehead atoms. The van der Waals surface area contributed by atoms with Gasteiger partial charge in [0.2, 0.25) is 0 Å². The van der Waals surface area contributed by atoms with Gasteiger partial charge in [-0.25, -0.2) is 0 Å². The molecule has 1 nitrogen and oxygen atoms in total. The summed E-state index contributed by atoms with van der Waals surface area (Å²) in [4.78, 5) is 0. The van der Waals surface area contributed by atoms with E-state index in [1.54, 1.807) is 0 Å². The maximum absolute atomic E-state index is 5.49. The van der Waals surface area contributed by atoms with Crippen LogP contribution in [0.25, 0.3) is 0 Å². The molecule has 0 saturated heterocycles. The van der Waals surface area contributed by atoms with E-state index in [4.69, 9.17) is 4.74 Å². The number of ether oxygens (including phenoxy) is 1. The molecule has 1 aromatic carbocycles. The molecule has 0 spiro atoms. The third kappa shape index (κ3) is 1.59. The third-order valence-electron chi connectivity index (χ3n) is 2.53. The van der Waals surface area contributed by atoms with Gasteiger partial charge in [0, 0.05) is 5.92 Å². The van der Waals surface area contributed by atoms with Gasteiger partial charge in [0.05, 0.1) is 6.26 Å². The van der Waals surface area contributed by atoms with E-state index in [0.29, 0.717) is 12.0 Å². The van der Waals surface area contributed by atoms with Gasteiger partial charge in [-0.1, -0.05) is 37.3 Å². The molecule has 2 rings (SSSR count). The second-order valence-electron chi connectivity index (χ2n) is 3.35. The molecule has 1 aliphatic heterocycles. The van der Waals surface area contributed by atoms with Gasteiger partial charge in [-0.3, -0.25) is 0 Å². The first kappa shape index (κ1) is 8.36. The molecule has 0 aliphatic carbocycles. The number of rotatable bonds is 2. The average molecular weight is 174 g/mol. The maximum Gasteiger partial charge on any atom is 0.108 e. The van der Waals surface area contributed by atoms with Gasteiger partial charge in [0.15, 0.2) is 0 Å². The molecular weight excluding hydrogens is 160 g/mol. The van der Waals surface area contributed by atoms with Crippen molar-refractivity contribution in [3.05, 3.63) is 48.2 Å². The Morgan fingerprint density at radius 1 is 1.23 bits per heavy atom. The standard InChI is InChI=1S/C12H14O/c1-2-12-11(8-9-13-12)10-6-4-3-5-7-10/h3-9,11-12H,2H2,1H3. The van der Waals surface area contributed by atoms with Gasteiger partial charge in [-0.15, -0.1) is 0 Å². The Morgan fingerprint density at radius 2 is 2.00 bits per heavy atom. The summed E-state index contributed by atoms with van der Waals surface area (Å²) in [5, 5.41) is 0. The molecule has 0 N–H and O–H groups in total. The molecule has 1 heteroatoms. The summed E-state index contributed by atoms with van der Waals surface area (Å²) in [6.45, 7) is 2.16. The minimum atomic E-state index is 0.336. The van der Waals surface area contributed by atoms with Gasteiger partial charge in [0.1, 0.15) is 6.10 Å². The van der Waals surface area contributed by atoms with Crippen LogP contribution in [-0.2, 0) is 4.74 Å². The van der Waals surface area contributed by atoms with Crippen molar-refractivity contribution >= 4 is 0 Å². The minimum absolute atomic E-state index is 0.336. The van der Waals surface area contributed by atoms with Crippen molar-refractivity contribution in [3.63, 3.8) is 0 Å². The van der Waals surface area contributed by atoms with Crippen molar-refractivity contribution in [2.45, 2.75) is 25.4 Å². The molecule has 2 unspecified atom stereocenters. The van der Waals surface area contributed by atoms with Crippen LogP contribution in [0.1, 0.15) is 24.8 Å². The smallest absolute Gasteiger partial charge is 0.108 e. The third-order valence-corrected chi connectivity index (χ3v) is 2.53. The highest BCUT2D eigenvalue weighted by Crippen LogP contribution is 2.29. The molecule has 1 heterocycles. The summed E-state index contributed by atoms with van der Waals surface area (Å²) in [5.74, 6) is 0.450. The van der Waals surface area contributed by atoms with E-state index in [9.17, 15) is 0 Å². The van der Waals surface area contributed by atoms with Gasteiger partial charge in [0.25, 0.3) is 0 Å². The normalized spacial score (nSPS) is 25.9. The molecule has 1 aliphatic rings. The predicted molar refractivity (Wildman–Crippen MR) is 53.5 cm³/mol. The summed E-state index contributed by atoms with van der Waals surface area (Å²) < 4.78 is 5.49. The SMILES string of the molecule is CCC1OC=CC1c1ccccc1. The van der Waals surface area contributed by atoms with Crippen molar-refractivity contribution in [1.82, 2.24) is 0 Å². The fourth-order valence-corrected chi connectivity index (χ4v) is 1.79. The van der Waals surface area contributed by atoms with E-state index < -0.39 is 0 Å². The highest BCUT2D eigenvalue weighted by Gasteiger charge is 2.23. The summed E-state index contributed by atoms with van der Waals surface area (Å²) in [6.07, 6.45) is 5.37. The average Bonchev–Trinajstić information content (AvgIpc) is 2.67. The van der Waals surface area contributed by atoms with Crippen LogP contribution in [0.5, 0.6) is 0 Å². The minimum Gasteiger partial charge on any atom is -0.497 e. The molecule has 0 aromatic heterocycles. The molecule has 0 radical (unpaired) electrons. The van der Waals surface area contributed by atoms with Crippen molar-refractivity contribution in [3.8, 4) is 0 Å². The molecule has 13 heavy (non-hydrogen) atoms. The Labute approximate surface area is 79.0 Å². The van der Waals surface area contributed by atoms with E-state index in [1.807, 2.05) is 12.3 Å². The van der Waals surface area contributed by atoms with E-state index in [-0.39, 0.29) is 0 Å². The molecule has 2 atom stereocenters. The number of hydrogen-bond acceptors (Lipinski definition) is 1. The van der Waals surface area contributed by atoms with Crippen LogP contribution in [0.2, 0.25) is 0 Å². The fourth-order valence-electron chi connectivity index (χ4n) is 1.79. The van der Waals surface area contributed by atoms with Crippen LogP contribution >= 0.6 is 0 Å². The lowest BCUT2D eigenvalue weighted by molar-refractivity contribution is 0.152. The largest absolute Gasteiger partial charge is 0.497 e. The van der Waals surface area contributed by atoms with Gasteiger partial charge in [-0.05, 0) is 18.1 Å². The van der Waals surface area contributed by atoms with Gasteiger partial charge in [-0.2, -0.15) is 0 Å². The van der Waals surface area contributed by atoms with Crippen LogP contribution in [-0.4, -0.2) is 6.10 Å². The Morgan fingerprint density at radius 3 is 2.69 bits per heavy atom. The van der Waals surface area contributed by atoms with Crippen LogP contribution in [0.15, 0.2) is 42.7 Å². The van der Waals surface area contributed by atoms with Crippen molar-refractivity contribution < 1.29 is 4.74 Å². The number of hydrogen-bond donors (Lipinski definition) is 0. The summed E-state index contributed by atoms with van der Waals surface area (Å²) in [6, 6.07) is 10.5. The van der Waals surface area contributed by atoms with Crippen molar-refractivity contribution in [2.75, 3.05) is 0 Å². The Hall–Kier alpha value is -1.24. The molecule has 68 valence electrons. The lowest BCUT2D eigenvalue weighted by Gasteiger charge is -2.16. The quantitative estimate of drug-likeness (QED) is 0.669. The Balaban J connectivity index is 2.21. The first-order valence-corrected chi connectivity index (χ1v) is 4.79. The first-order valence-electron chi connectivity index (χ1n) is 4.79. The van der Waals surface area contributed by atoms with E-state index in [1.165, 1.54) is 5.56 Å². The Bertz CT molecular complexity index is 289. The molecule has 0 fully saturated rings. The zero-order chi connectivity index (χ0) is 9.10. The van der Waals surface area contributed by atoms with Gasteiger partial charge >= 0.3 is 0 Å². The van der Waals surface area contributed by atoms with Crippen molar-refractivity contribution in [1.29, 1.82) is 0 Å². The van der Waals surface area contributed by atoms with Crippen LogP contribution < -0.4 is 0 Å². The summed E-state index contributed by atoms with van der Waals surface area (Å²) in [5.41, 5.74) is 1.35. The zero-order valence-corrected chi connectivity index (χ0v) is 7.81. The van der Waals surface area contributed by atoms with Crippen molar-refractivity contribution in [2.24, 2.45) is 0 Å². The summed E-state index contributed by atoms with van der Waals surface area (Å²) in [7, 11) is 0. The van der Waals surface area contributed by atoms with E-state index in [2.05, 4.69) is 37.3 Å². The van der Waals surface area contributed by atoms with Crippen LogP contribution in [0.3, 0.4) is 0 Å². The molecule has 0 saturated carbocycles. The lowest BCUT2D eigenvalue weighted by atomic mass is 9.93. The lowest BCUT2D eigenvalue weighted by Crippen LogP contribution is -2.13. The second-order valence-corrected chi connectivity index (χ2v) is 3.35. The first-order chi connectivity index (χ1) is 6.42. The highest BCUT2D eigenvalue weighted by molar-refractivity contribution is 5.26. The monoisotopic (exact) mass is 174 g/mol. The topological polar surface area (TPSA) is 9.23 Å². The highest BCUT2D eigenvalue weighted by atomic mass is 16.5. The maximum atomic E-state index is 5.49. The molecular formula is C12H14O. The fraction of sp³-hybridized carbons (Fsp3) is 0.333. The van der Waals surface area contributed by atoms with Crippen LogP contribution in [0, 0.1) is 0 Å². The molecule has 1 aromatic rings. The van der Waals surface area contributed by atoms with Gasteiger partial charge < -0.3 is 4.74 Å². The second kappa shape index (κ2) is 3.65. The van der Waals surface area contributed by atoms with E-state index in [0.717, 1.165) is 6.42 Å². The molecule has 0 amide bonds. The van der Waals surface area contributed by atoms with Crippen LogP contribution in [0.4, 0.5) is 0 Å². The number of benzene rings is 1. The Kier molecular flexibility index (Phi) is 2.35. The summed E-state index contributed by atoms with van der Waals surface area (Å²) >= 11 is 0.